The molecule has 3 aromatic rings. The number of halogens is 2. The summed E-state index contributed by atoms with van der Waals surface area (Å²) in [5.74, 6) is -1.28. The molecule has 1 aromatic carbocycles. The van der Waals surface area contributed by atoms with E-state index < -0.39 is 30.3 Å². The second-order valence-electron chi connectivity index (χ2n) is 6.54. The van der Waals surface area contributed by atoms with Gasteiger partial charge in [0, 0.05) is 17.0 Å². The van der Waals surface area contributed by atoms with Crippen molar-refractivity contribution >= 4 is 40.5 Å². The van der Waals surface area contributed by atoms with Crippen LogP contribution in [0.2, 0.25) is 5.02 Å². The number of furan rings is 1. The number of carbonyl (C=O) groups is 2. The SMILES string of the molecule is O=C(Cc1c(F)cccc1Cl)OCC(=O)N1N=C(c2cccs2)C[C@H]1c1ccco1. The molecule has 0 fully saturated rings. The minimum Gasteiger partial charge on any atom is -0.467 e. The Bertz CT molecular complexity index is 1060. The summed E-state index contributed by atoms with van der Waals surface area (Å²) >= 11 is 7.45. The smallest absolute Gasteiger partial charge is 0.310 e. The highest BCUT2D eigenvalue weighted by Crippen LogP contribution is 2.34. The molecule has 154 valence electrons. The Morgan fingerprint density at radius 1 is 1.27 bits per heavy atom. The largest absolute Gasteiger partial charge is 0.467 e. The zero-order valence-corrected chi connectivity index (χ0v) is 17.2. The number of esters is 1. The van der Waals surface area contributed by atoms with Crippen molar-refractivity contribution in [2.75, 3.05) is 6.61 Å². The van der Waals surface area contributed by atoms with Crippen LogP contribution in [0.3, 0.4) is 0 Å². The molecule has 0 N–H and O–H groups in total. The Kier molecular flexibility index (Phi) is 5.96. The Hall–Kier alpha value is -2.97. The first-order valence-electron chi connectivity index (χ1n) is 9.08. The first kappa shape index (κ1) is 20.3. The quantitative estimate of drug-likeness (QED) is 0.519. The van der Waals surface area contributed by atoms with Crippen LogP contribution in [0, 0.1) is 5.82 Å². The van der Waals surface area contributed by atoms with E-state index in [0.717, 1.165) is 10.6 Å². The zero-order chi connectivity index (χ0) is 21.1. The number of rotatable bonds is 6. The van der Waals surface area contributed by atoms with Gasteiger partial charge in [0.15, 0.2) is 6.61 Å². The van der Waals surface area contributed by atoms with Gasteiger partial charge in [-0.2, -0.15) is 5.10 Å². The molecule has 0 bridgehead atoms. The van der Waals surface area contributed by atoms with Crippen LogP contribution in [0.1, 0.15) is 28.7 Å². The van der Waals surface area contributed by atoms with Crippen LogP contribution in [0.15, 0.2) is 63.6 Å². The molecule has 0 aliphatic carbocycles. The molecule has 1 aliphatic rings. The van der Waals surface area contributed by atoms with E-state index in [0.29, 0.717) is 12.2 Å². The Labute approximate surface area is 180 Å². The molecule has 0 saturated carbocycles. The molecule has 1 aliphatic heterocycles. The maximum absolute atomic E-state index is 13.8. The van der Waals surface area contributed by atoms with Gasteiger partial charge in [-0.25, -0.2) is 9.40 Å². The summed E-state index contributed by atoms with van der Waals surface area (Å²) in [6.07, 6.45) is 1.64. The van der Waals surface area contributed by atoms with Gasteiger partial charge in [-0.3, -0.25) is 9.59 Å². The lowest BCUT2D eigenvalue weighted by atomic mass is 10.1. The van der Waals surface area contributed by atoms with E-state index in [1.165, 1.54) is 40.8 Å². The molecule has 2 aromatic heterocycles. The van der Waals surface area contributed by atoms with E-state index in [4.69, 9.17) is 20.8 Å². The van der Waals surface area contributed by atoms with Gasteiger partial charge in [0.25, 0.3) is 5.91 Å². The van der Waals surface area contributed by atoms with E-state index in [2.05, 4.69) is 5.10 Å². The molecule has 3 heterocycles. The monoisotopic (exact) mass is 446 g/mol. The molecule has 0 radical (unpaired) electrons. The molecule has 0 spiro atoms. The topological polar surface area (TPSA) is 72.1 Å². The average Bonchev–Trinajstić information content (AvgIpc) is 3.48. The minimum atomic E-state index is -0.758. The van der Waals surface area contributed by atoms with Gasteiger partial charge in [0.05, 0.1) is 23.3 Å². The van der Waals surface area contributed by atoms with Crippen molar-refractivity contribution < 1.29 is 23.1 Å². The summed E-state index contributed by atoms with van der Waals surface area (Å²) in [7, 11) is 0. The number of nitrogens with zero attached hydrogens (tertiary/aromatic N) is 2. The molecular formula is C21H16ClFN2O4S. The Morgan fingerprint density at radius 2 is 2.13 bits per heavy atom. The number of amides is 1. The molecule has 6 nitrogen and oxygen atoms in total. The maximum Gasteiger partial charge on any atom is 0.310 e. The van der Waals surface area contributed by atoms with Gasteiger partial charge < -0.3 is 9.15 Å². The van der Waals surface area contributed by atoms with Crippen molar-refractivity contribution in [2.24, 2.45) is 5.10 Å². The maximum atomic E-state index is 13.8. The average molecular weight is 447 g/mol. The highest BCUT2D eigenvalue weighted by Gasteiger charge is 2.35. The van der Waals surface area contributed by atoms with E-state index in [1.807, 2.05) is 17.5 Å². The second-order valence-corrected chi connectivity index (χ2v) is 7.89. The second kappa shape index (κ2) is 8.81. The minimum absolute atomic E-state index is 0.0317. The number of hydrogen-bond acceptors (Lipinski definition) is 6. The summed E-state index contributed by atoms with van der Waals surface area (Å²) in [5.41, 5.74) is 0.786. The molecule has 30 heavy (non-hydrogen) atoms. The van der Waals surface area contributed by atoms with Gasteiger partial charge in [-0.1, -0.05) is 23.7 Å². The standard InChI is InChI=1S/C21H16ClFN2O4S/c22-14-4-1-5-15(23)13(14)10-21(27)29-12-20(26)25-17(18-6-2-8-28-18)11-16(24-25)19-7-3-9-30-19/h1-9,17H,10-12H2/t17-/m0/s1. The van der Waals surface area contributed by atoms with Crippen molar-refractivity contribution in [3.8, 4) is 0 Å². The molecule has 0 saturated heterocycles. The van der Waals surface area contributed by atoms with Crippen LogP contribution in [-0.4, -0.2) is 29.2 Å². The van der Waals surface area contributed by atoms with Gasteiger partial charge >= 0.3 is 5.97 Å². The highest BCUT2D eigenvalue weighted by atomic mass is 35.5. The summed E-state index contributed by atoms with van der Waals surface area (Å²) in [5, 5.41) is 7.77. The van der Waals surface area contributed by atoms with E-state index in [9.17, 15) is 14.0 Å². The fourth-order valence-corrected chi connectivity index (χ4v) is 4.09. The van der Waals surface area contributed by atoms with Gasteiger partial charge in [0.2, 0.25) is 0 Å². The lowest BCUT2D eigenvalue weighted by molar-refractivity contribution is -0.152. The summed E-state index contributed by atoms with van der Waals surface area (Å²) in [4.78, 5) is 25.8. The van der Waals surface area contributed by atoms with E-state index in [-0.39, 0.29) is 17.0 Å². The molecular weight excluding hydrogens is 431 g/mol. The highest BCUT2D eigenvalue weighted by molar-refractivity contribution is 7.12. The summed E-state index contributed by atoms with van der Waals surface area (Å²) < 4.78 is 24.4. The van der Waals surface area contributed by atoms with E-state index >= 15 is 0 Å². The third-order valence-corrected chi connectivity index (χ3v) is 5.86. The number of hydrogen-bond donors (Lipinski definition) is 0. The molecule has 4 rings (SSSR count). The zero-order valence-electron chi connectivity index (χ0n) is 15.6. The third-order valence-electron chi connectivity index (χ3n) is 4.58. The first-order valence-corrected chi connectivity index (χ1v) is 10.3. The van der Waals surface area contributed by atoms with Crippen LogP contribution in [-0.2, 0) is 20.7 Å². The lowest BCUT2D eigenvalue weighted by Gasteiger charge is -2.19. The van der Waals surface area contributed by atoms with Crippen LogP contribution in [0.5, 0.6) is 0 Å². The van der Waals surface area contributed by atoms with Crippen molar-refractivity contribution in [2.45, 2.75) is 18.9 Å². The molecule has 9 heteroatoms. The number of ether oxygens (including phenoxy) is 1. The normalized spacial score (nSPS) is 15.9. The molecule has 0 unspecified atom stereocenters. The fourth-order valence-electron chi connectivity index (χ4n) is 3.14. The number of benzene rings is 1. The third kappa shape index (κ3) is 4.29. The van der Waals surface area contributed by atoms with Crippen molar-refractivity contribution in [3.05, 3.63) is 81.1 Å². The van der Waals surface area contributed by atoms with Crippen LogP contribution < -0.4 is 0 Å². The number of hydrazone groups is 1. The van der Waals surface area contributed by atoms with Crippen molar-refractivity contribution in [3.63, 3.8) is 0 Å². The predicted octanol–water partition coefficient (Wildman–Crippen LogP) is 4.60. The fraction of sp³-hybridized carbons (Fsp3) is 0.190. The first-order chi connectivity index (χ1) is 14.5. The van der Waals surface area contributed by atoms with Gasteiger partial charge in [-0.05, 0) is 35.7 Å². The Balaban J connectivity index is 1.44. The van der Waals surface area contributed by atoms with Crippen molar-refractivity contribution in [1.29, 1.82) is 0 Å². The van der Waals surface area contributed by atoms with Gasteiger partial charge in [-0.15, -0.1) is 11.3 Å². The van der Waals surface area contributed by atoms with Gasteiger partial charge in [0.1, 0.15) is 17.6 Å². The van der Waals surface area contributed by atoms with Crippen LogP contribution in [0.25, 0.3) is 0 Å². The van der Waals surface area contributed by atoms with Crippen LogP contribution in [0.4, 0.5) is 4.39 Å². The molecule has 1 amide bonds. The molecule has 1 atom stereocenters. The number of carbonyl (C=O) groups excluding carboxylic acids is 2. The van der Waals surface area contributed by atoms with Crippen molar-refractivity contribution in [1.82, 2.24) is 5.01 Å². The van der Waals surface area contributed by atoms with Crippen LogP contribution >= 0.6 is 22.9 Å². The lowest BCUT2D eigenvalue weighted by Crippen LogP contribution is -2.31. The summed E-state index contributed by atoms with van der Waals surface area (Å²) in [6, 6.07) is 11.0. The van der Waals surface area contributed by atoms with E-state index in [1.54, 1.807) is 12.1 Å². The Morgan fingerprint density at radius 3 is 2.83 bits per heavy atom. The number of thiophene rings is 1. The summed E-state index contributed by atoms with van der Waals surface area (Å²) in [6.45, 7) is -0.524. The predicted molar refractivity (Wildman–Crippen MR) is 110 cm³/mol.